The Hall–Kier alpha value is -3.51. The number of nitrogens with two attached hydrogens (primary N) is 1. The van der Waals surface area contributed by atoms with E-state index >= 15 is 0 Å². The number of rotatable bonds is 2. The predicted octanol–water partition coefficient (Wildman–Crippen LogP) is 3.69. The van der Waals surface area contributed by atoms with Crippen LogP contribution in [0.2, 0.25) is 0 Å². The normalized spacial score (nSPS) is 9.78. The minimum atomic E-state index is -0.989. The predicted molar refractivity (Wildman–Crippen MR) is 106 cm³/mol. The summed E-state index contributed by atoms with van der Waals surface area (Å²) in [6.07, 6.45) is 3.09. The van der Waals surface area contributed by atoms with E-state index in [1.54, 1.807) is 24.4 Å². The van der Waals surface area contributed by atoms with E-state index in [0.717, 1.165) is 16.2 Å². The number of benzene rings is 2. The van der Waals surface area contributed by atoms with Crippen LogP contribution in [0.4, 0.5) is 0 Å². The minimum Gasteiger partial charge on any atom is -0.476 e. The van der Waals surface area contributed by atoms with Gasteiger partial charge < -0.3 is 10.8 Å². The van der Waals surface area contributed by atoms with E-state index in [4.69, 9.17) is 10.8 Å². The van der Waals surface area contributed by atoms with Gasteiger partial charge in [0.1, 0.15) is 5.69 Å². The van der Waals surface area contributed by atoms with Crippen LogP contribution in [-0.4, -0.2) is 27.0 Å². The molecular formula is C20H16ClN3O3. The fourth-order valence-electron chi connectivity index (χ4n) is 2.61. The van der Waals surface area contributed by atoms with Crippen LogP contribution in [-0.2, 0) is 0 Å². The molecule has 3 N–H and O–H groups in total. The number of carboxylic acids is 1. The maximum atomic E-state index is 11.0. The average Bonchev–Trinajstić information content (AvgIpc) is 2.67. The lowest BCUT2D eigenvalue weighted by Gasteiger charge is -2.00. The fourth-order valence-corrected chi connectivity index (χ4v) is 2.61. The molecule has 0 aliphatic carbocycles. The standard InChI is InChI=1S/C10H8N2O.C10H7NO2.ClH/c11-10(13)9-8-4-2-1-3-7(8)5-6-12-9;12-10(13)9-8-4-2-1-3-7(8)5-6-11-9;/h1-6H,(H2,11,13);1-6H,(H,12,13);1H. The van der Waals surface area contributed by atoms with Crippen LogP contribution in [0.1, 0.15) is 21.0 Å². The van der Waals surface area contributed by atoms with Crippen LogP contribution < -0.4 is 5.73 Å². The number of carbonyl (C=O) groups excluding carboxylic acids is 1. The van der Waals surface area contributed by atoms with E-state index in [1.165, 1.54) is 6.20 Å². The number of nitrogens with zero attached hydrogens (tertiary/aromatic N) is 2. The number of halogens is 1. The quantitative estimate of drug-likeness (QED) is 0.550. The van der Waals surface area contributed by atoms with Gasteiger partial charge >= 0.3 is 5.97 Å². The number of aromatic nitrogens is 2. The molecule has 1 amide bonds. The second-order valence-electron chi connectivity index (χ2n) is 5.43. The van der Waals surface area contributed by atoms with Gasteiger partial charge in [-0.15, -0.1) is 12.4 Å². The zero-order valence-electron chi connectivity index (χ0n) is 14.1. The lowest BCUT2D eigenvalue weighted by Crippen LogP contribution is -2.13. The van der Waals surface area contributed by atoms with E-state index in [-0.39, 0.29) is 18.1 Å². The van der Waals surface area contributed by atoms with Crippen molar-refractivity contribution in [1.82, 2.24) is 9.97 Å². The molecule has 0 saturated heterocycles. The van der Waals surface area contributed by atoms with Crippen molar-refractivity contribution in [1.29, 1.82) is 0 Å². The number of amides is 1. The van der Waals surface area contributed by atoms with Gasteiger partial charge in [-0.3, -0.25) is 9.78 Å². The molecule has 6 nitrogen and oxygen atoms in total. The average molecular weight is 382 g/mol. The Morgan fingerprint density at radius 1 is 0.741 bits per heavy atom. The van der Waals surface area contributed by atoms with E-state index in [0.29, 0.717) is 11.1 Å². The van der Waals surface area contributed by atoms with Gasteiger partial charge in [0.15, 0.2) is 5.69 Å². The van der Waals surface area contributed by atoms with E-state index < -0.39 is 11.9 Å². The van der Waals surface area contributed by atoms with Crippen molar-refractivity contribution < 1.29 is 14.7 Å². The number of hydrogen-bond donors (Lipinski definition) is 2. The Morgan fingerprint density at radius 2 is 1.19 bits per heavy atom. The third-order valence-corrected chi connectivity index (χ3v) is 3.78. The highest BCUT2D eigenvalue weighted by Gasteiger charge is 2.08. The molecule has 0 unspecified atom stereocenters. The van der Waals surface area contributed by atoms with Crippen LogP contribution in [0.3, 0.4) is 0 Å². The lowest BCUT2D eigenvalue weighted by atomic mass is 10.1. The number of pyridine rings is 2. The Morgan fingerprint density at radius 3 is 1.67 bits per heavy atom. The molecule has 2 aromatic heterocycles. The summed E-state index contributed by atoms with van der Waals surface area (Å²) in [5.74, 6) is -1.48. The van der Waals surface area contributed by atoms with Gasteiger partial charge in [0, 0.05) is 23.2 Å². The summed E-state index contributed by atoms with van der Waals surface area (Å²) in [5, 5.41) is 12.2. The number of hydrogen-bond acceptors (Lipinski definition) is 4. The molecule has 0 aliphatic rings. The van der Waals surface area contributed by atoms with Crippen molar-refractivity contribution in [2.75, 3.05) is 0 Å². The van der Waals surface area contributed by atoms with Crippen LogP contribution in [0.5, 0.6) is 0 Å². The second kappa shape index (κ2) is 8.73. The van der Waals surface area contributed by atoms with Gasteiger partial charge in [0.2, 0.25) is 0 Å². The second-order valence-corrected chi connectivity index (χ2v) is 5.43. The number of primary amides is 1. The third-order valence-electron chi connectivity index (χ3n) is 3.78. The van der Waals surface area contributed by atoms with Crippen molar-refractivity contribution in [2.45, 2.75) is 0 Å². The van der Waals surface area contributed by atoms with Gasteiger partial charge in [-0.1, -0.05) is 48.5 Å². The fraction of sp³-hybridized carbons (Fsp3) is 0. The van der Waals surface area contributed by atoms with Gasteiger partial charge in [-0.05, 0) is 22.9 Å². The summed E-state index contributed by atoms with van der Waals surface area (Å²) in [6, 6.07) is 18.5. The monoisotopic (exact) mass is 381 g/mol. The molecule has 0 atom stereocenters. The van der Waals surface area contributed by atoms with Crippen LogP contribution in [0.15, 0.2) is 73.1 Å². The first kappa shape index (κ1) is 19.8. The Kier molecular flexibility index (Phi) is 6.41. The molecule has 4 aromatic rings. The Balaban J connectivity index is 0.000000187. The molecule has 136 valence electrons. The van der Waals surface area contributed by atoms with Crippen molar-refractivity contribution in [2.24, 2.45) is 5.73 Å². The summed E-state index contributed by atoms with van der Waals surface area (Å²) < 4.78 is 0. The molecule has 2 aromatic carbocycles. The highest BCUT2D eigenvalue weighted by atomic mass is 35.5. The molecular weight excluding hydrogens is 366 g/mol. The van der Waals surface area contributed by atoms with Crippen LogP contribution >= 0.6 is 12.4 Å². The molecule has 0 fully saturated rings. The van der Waals surface area contributed by atoms with Crippen molar-refractivity contribution in [3.8, 4) is 0 Å². The van der Waals surface area contributed by atoms with Gasteiger partial charge in [-0.25, -0.2) is 9.78 Å². The summed E-state index contributed by atoms with van der Waals surface area (Å²) in [5.41, 5.74) is 5.62. The SMILES string of the molecule is Cl.NC(=O)c1nccc2ccccc12.O=C(O)c1nccc2ccccc12. The van der Waals surface area contributed by atoms with E-state index in [2.05, 4.69) is 9.97 Å². The molecule has 7 heteroatoms. The van der Waals surface area contributed by atoms with Crippen molar-refractivity contribution in [3.05, 3.63) is 84.4 Å². The third kappa shape index (κ3) is 4.37. The summed E-state index contributed by atoms with van der Waals surface area (Å²) in [7, 11) is 0. The highest BCUT2D eigenvalue weighted by molar-refractivity contribution is 6.04. The molecule has 0 saturated carbocycles. The number of carbonyl (C=O) groups is 2. The van der Waals surface area contributed by atoms with Gasteiger partial charge in [-0.2, -0.15) is 0 Å². The molecule has 4 rings (SSSR count). The van der Waals surface area contributed by atoms with E-state index in [9.17, 15) is 9.59 Å². The summed E-state index contributed by atoms with van der Waals surface area (Å²) >= 11 is 0. The maximum absolute atomic E-state index is 11.0. The summed E-state index contributed by atoms with van der Waals surface area (Å²) in [4.78, 5) is 29.5. The Bertz CT molecular complexity index is 1020. The topological polar surface area (TPSA) is 106 Å². The molecule has 0 bridgehead atoms. The maximum Gasteiger partial charge on any atom is 0.355 e. The van der Waals surface area contributed by atoms with Crippen LogP contribution in [0.25, 0.3) is 21.5 Å². The van der Waals surface area contributed by atoms with Crippen molar-refractivity contribution >= 4 is 45.8 Å². The largest absolute Gasteiger partial charge is 0.476 e. The minimum absolute atomic E-state index is 0. The molecule has 0 aliphatic heterocycles. The molecule has 0 spiro atoms. The zero-order chi connectivity index (χ0) is 18.5. The first-order valence-electron chi connectivity index (χ1n) is 7.78. The van der Waals surface area contributed by atoms with Gasteiger partial charge in [0.05, 0.1) is 0 Å². The lowest BCUT2D eigenvalue weighted by molar-refractivity contribution is 0.0692. The zero-order valence-corrected chi connectivity index (χ0v) is 14.9. The molecule has 2 heterocycles. The molecule has 0 radical (unpaired) electrons. The number of fused-ring (bicyclic) bond motifs is 2. The smallest absolute Gasteiger partial charge is 0.355 e. The molecule has 27 heavy (non-hydrogen) atoms. The Labute approximate surface area is 161 Å². The first-order valence-corrected chi connectivity index (χ1v) is 7.78. The number of carboxylic acid groups (broad SMARTS) is 1. The first-order chi connectivity index (χ1) is 12.6. The number of aromatic carboxylic acids is 1. The summed E-state index contributed by atoms with van der Waals surface area (Å²) in [6.45, 7) is 0. The van der Waals surface area contributed by atoms with Gasteiger partial charge in [0.25, 0.3) is 5.91 Å². The highest BCUT2D eigenvalue weighted by Crippen LogP contribution is 2.16. The van der Waals surface area contributed by atoms with Crippen LogP contribution in [0, 0.1) is 0 Å². The van der Waals surface area contributed by atoms with Crippen molar-refractivity contribution in [3.63, 3.8) is 0 Å². The van der Waals surface area contributed by atoms with E-state index in [1.807, 2.05) is 42.5 Å².